The quantitative estimate of drug-likeness (QED) is 0.653. The summed E-state index contributed by atoms with van der Waals surface area (Å²) in [5.74, 6) is -0.518. The minimum atomic E-state index is -0.518. The third kappa shape index (κ3) is 2.88. The zero-order chi connectivity index (χ0) is 13.0. The fraction of sp³-hybridized carbons (Fsp3) is 0.417. The van der Waals surface area contributed by atoms with Crippen LogP contribution in [0.25, 0.3) is 0 Å². The first-order chi connectivity index (χ1) is 7.99. The molecule has 0 radical (unpaired) electrons. The van der Waals surface area contributed by atoms with Crippen molar-refractivity contribution in [2.45, 2.75) is 19.9 Å². The monoisotopic (exact) mass is 237 g/mol. The van der Waals surface area contributed by atoms with E-state index in [-0.39, 0.29) is 12.6 Å². The van der Waals surface area contributed by atoms with Gasteiger partial charge in [0.15, 0.2) is 0 Å². The van der Waals surface area contributed by atoms with E-state index < -0.39 is 5.91 Å². The Kier molecular flexibility index (Phi) is 4.34. The molecule has 0 heterocycles. The molecule has 1 aromatic rings. The standard InChI is InChI=1S/C12H19N3O2/c1-8(2)15(6-7-16)11-9(12(14)17)4-3-5-10(11)13/h3-5,8,16H,6-7,13H2,1-2H3,(H2,14,17). The van der Waals surface area contributed by atoms with Gasteiger partial charge < -0.3 is 21.5 Å². The lowest BCUT2D eigenvalue weighted by Crippen LogP contribution is -2.35. The summed E-state index contributed by atoms with van der Waals surface area (Å²) in [7, 11) is 0. The maximum Gasteiger partial charge on any atom is 0.250 e. The SMILES string of the molecule is CC(C)N(CCO)c1c(N)cccc1C(N)=O. The Bertz CT molecular complexity index is 405. The largest absolute Gasteiger partial charge is 0.397 e. The van der Waals surface area contributed by atoms with Crippen LogP contribution in [0.3, 0.4) is 0 Å². The van der Waals surface area contributed by atoms with Crippen molar-refractivity contribution in [2.75, 3.05) is 23.8 Å². The van der Waals surface area contributed by atoms with E-state index in [1.165, 1.54) is 0 Å². The number of nitrogens with zero attached hydrogens (tertiary/aromatic N) is 1. The molecule has 94 valence electrons. The van der Waals surface area contributed by atoms with E-state index in [0.717, 1.165) is 0 Å². The molecule has 17 heavy (non-hydrogen) atoms. The van der Waals surface area contributed by atoms with E-state index in [1.54, 1.807) is 18.2 Å². The average Bonchev–Trinajstić information content (AvgIpc) is 2.25. The fourth-order valence-electron chi connectivity index (χ4n) is 1.82. The molecule has 5 N–H and O–H groups in total. The number of nitrogen functional groups attached to an aromatic ring is 1. The molecule has 1 aromatic carbocycles. The van der Waals surface area contributed by atoms with Crippen LogP contribution in [-0.4, -0.2) is 30.2 Å². The normalized spacial score (nSPS) is 10.6. The first kappa shape index (κ1) is 13.3. The molecule has 0 aliphatic rings. The third-order valence-corrected chi connectivity index (χ3v) is 2.58. The van der Waals surface area contributed by atoms with Gasteiger partial charge in [-0.3, -0.25) is 4.79 Å². The Labute approximate surface area is 101 Å². The van der Waals surface area contributed by atoms with Gasteiger partial charge in [-0.1, -0.05) is 6.07 Å². The summed E-state index contributed by atoms with van der Waals surface area (Å²) < 4.78 is 0. The third-order valence-electron chi connectivity index (χ3n) is 2.58. The van der Waals surface area contributed by atoms with Crippen molar-refractivity contribution >= 4 is 17.3 Å². The summed E-state index contributed by atoms with van der Waals surface area (Å²) >= 11 is 0. The van der Waals surface area contributed by atoms with Crippen molar-refractivity contribution in [3.63, 3.8) is 0 Å². The second kappa shape index (κ2) is 5.54. The van der Waals surface area contributed by atoms with Gasteiger partial charge in [0.2, 0.25) is 0 Å². The number of aliphatic hydroxyl groups excluding tert-OH is 1. The van der Waals surface area contributed by atoms with Crippen LogP contribution in [0.1, 0.15) is 24.2 Å². The first-order valence-corrected chi connectivity index (χ1v) is 5.54. The van der Waals surface area contributed by atoms with Gasteiger partial charge in [-0.05, 0) is 26.0 Å². The number of hydrogen-bond donors (Lipinski definition) is 3. The Morgan fingerprint density at radius 1 is 1.47 bits per heavy atom. The Hall–Kier alpha value is -1.75. The minimum Gasteiger partial charge on any atom is -0.397 e. The van der Waals surface area contributed by atoms with Gasteiger partial charge in [0.05, 0.1) is 23.5 Å². The van der Waals surface area contributed by atoms with Crippen LogP contribution in [0.5, 0.6) is 0 Å². The number of benzene rings is 1. The molecule has 0 fully saturated rings. The molecule has 0 aromatic heterocycles. The summed E-state index contributed by atoms with van der Waals surface area (Å²) in [4.78, 5) is 13.3. The smallest absolute Gasteiger partial charge is 0.250 e. The van der Waals surface area contributed by atoms with Crippen molar-refractivity contribution in [1.82, 2.24) is 0 Å². The van der Waals surface area contributed by atoms with E-state index in [9.17, 15) is 4.79 Å². The van der Waals surface area contributed by atoms with Crippen molar-refractivity contribution < 1.29 is 9.90 Å². The highest BCUT2D eigenvalue weighted by Crippen LogP contribution is 2.29. The van der Waals surface area contributed by atoms with Crippen molar-refractivity contribution in [2.24, 2.45) is 5.73 Å². The number of hydrogen-bond acceptors (Lipinski definition) is 4. The lowest BCUT2D eigenvalue weighted by Gasteiger charge is -2.30. The van der Waals surface area contributed by atoms with Crippen LogP contribution in [0.4, 0.5) is 11.4 Å². The zero-order valence-electron chi connectivity index (χ0n) is 10.2. The van der Waals surface area contributed by atoms with Crippen LogP contribution < -0.4 is 16.4 Å². The number of amides is 1. The van der Waals surface area contributed by atoms with Gasteiger partial charge in [-0.2, -0.15) is 0 Å². The summed E-state index contributed by atoms with van der Waals surface area (Å²) in [6.07, 6.45) is 0. The Morgan fingerprint density at radius 2 is 2.12 bits per heavy atom. The summed E-state index contributed by atoms with van der Waals surface area (Å²) in [6, 6.07) is 5.16. The van der Waals surface area contributed by atoms with Crippen LogP contribution >= 0.6 is 0 Å². The molecule has 0 unspecified atom stereocenters. The molecule has 0 saturated heterocycles. The highest BCUT2D eigenvalue weighted by molar-refractivity contribution is 6.01. The van der Waals surface area contributed by atoms with E-state index in [2.05, 4.69) is 0 Å². The van der Waals surface area contributed by atoms with Gasteiger partial charge in [0.25, 0.3) is 5.91 Å². The highest BCUT2D eigenvalue weighted by atomic mass is 16.3. The Morgan fingerprint density at radius 3 is 2.59 bits per heavy atom. The number of para-hydroxylation sites is 1. The van der Waals surface area contributed by atoms with Gasteiger partial charge in [-0.15, -0.1) is 0 Å². The predicted octanol–water partition coefficient (Wildman–Crippen LogP) is 0.575. The van der Waals surface area contributed by atoms with Crippen LogP contribution in [0.2, 0.25) is 0 Å². The predicted molar refractivity (Wildman–Crippen MR) is 68.9 cm³/mol. The minimum absolute atomic E-state index is 0.00921. The number of rotatable bonds is 5. The van der Waals surface area contributed by atoms with Gasteiger partial charge in [0.1, 0.15) is 0 Å². The Balaban J connectivity index is 3.29. The second-order valence-electron chi connectivity index (χ2n) is 4.12. The molecule has 1 amide bonds. The maximum absolute atomic E-state index is 11.4. The molecule has 5 nitrogen and oxygen atoms in total. The number of aliphatic hydroxyl groups is 1. The van der Waals surface area contributed by atoms with Crippen LogP contribution in [-0.2, 0) is 0 Å². The van der Waals surface area contributed by atoms with Gasteiger partial charge in [0, 0.05) is 12.6 Å². The number of nitrogens with two attached hydrogens (primary N) is 2. The van der Waals surface area contributed by atoms with Crippen molar-refractivity contribution in [1.29, 1.82) is 0 Å². The number of carbonyl (C=O) groups excluding carboxylic acids is 1. The molecule has 0 spiro atoms. The maximum atomic E-state index is 11.4. The summed E-state index contributed by atoms with van der Waals surface area (Å²) in [5.41, 5.74) is 12.7. The van der Waals surface area contributed by atoms with Gasteiger partial charge >= 0.3 is 0 Å². The molecule has 0 aliphatic carbocycles. The molecule has 0 saturated carbocycles. The molecular weight excluding hydrogens is 218 g/mol. The second-order valence-corrected chi connectivity index (χ2v) is 4.12. The van der Waals surface area contributed by atoms with Crippen LogP contribution in [0.15, 0.2) is 18.2 Å². The summed E-state index contributed by atoms with van der Waals surface area (Å²) in [6.45, 7) is 4.33. The molecule has 0 atom stereocenters. The fourth-order valence-corrected chi connectivity index (χ4v) is 1.82. The molecule has 5 heteroatoms. The van der Waals surface area contributed by atoms with E-state index >= 15 is 0 Å². The van der Waals surface area contributed by atoms with Crippen LogP contribution in [0, 0.1) is 0 Å². The number of primary amides is 1. The topological polar surface area (TPSA) is 92.6 Å². The molecule has 1 rings (SSSR count). The van der Waals surface area contributed by atoms with E-state index in [4.69, 9.17) is 16.6 Å². The average molecular weight is 237 g/mol. The molecular formula is C12H19N3O2. The number of carbonyl (C=O) groups is 1. The van der Waals surface area contributed by atoms with Crippen molar-refractivity contribution in [3.8, 4) is 0 Å². The van der Waals surface area contributed by atoms with E-state index in [0.29, 0.717) is 23.5 Å². The zero-order valence-corrected chi connectivity index (χ0v) is 10.2. The molecule has 0 aliphatic heterocycles. The summed E-state index contributed by atoms with van der Waals surface area (Å²) in [5, 5.41) is 9.07. The van der Waals surface area contributed by atoms with E-state index in [1.807, 2.05) is 18.7 Å². The number of anilines is 2. The lowest BCUT2D eigenvalue weighted by molar-refractivity contribution is 0.100. The first-order valence-electron chi connectivity index (χ1n) is 5.54. The molecule has 0 bridgehead atoms. The lowest BCUT2D eigenvalue weighted by atomic mass is 10.1. The van der Waals surface area contributed by atoms with Gasteiger partial charge in [-0.25, -0.2) is 0 Å². The van der Waals surface area contributed by atoms with Crippen molar-refractivity contribution in [3.05, 3.63) is 23.8 Å². The highest BCUT2D eigenvalue weighted by Gasteiger charge is 2.19.